The largest absolute Gasteiger partial charge is 0.461 e. The second-order valence-electron chi connectivity index (χ2n) is 13.5. The summed E-state index contributed by atoms with van der Waals surface area (Å²) in [4.78, 5) is 18.0. The Labute approximate surface area is 269 Å². The van der Waals surface area contributed by atoms with Crippen LogP contribution in [0.5, 0.6) is 6.01 Å². The first-order valence-corrected chi connectivity index (χ1v) is 16.0. The van der Waals surface area contributed by atoms with E-state index in [-0.39, 0.29) is 51.9 Å². The molecule has 8 nitrogen and oxygen atoms in total. The minimum absolute atomic E-state index is 0.00849. The van der Waals surface area contributed by atoms with Crippen molar-refractivity contribution in [1.29, 1.82) is 0 Å². The predicted molar refractivity (Wildman–Crippen MR) is 170 cm³/mol. The van der Waals surface area contributed by atoms with Gasteiger partial charge in [-0.1, -0.05) is 12.0 Å². The van der Waals surface area contributed by atoms with Gasteiger partial charge in [0.05, 0.1) is 28.6 Å². The van der Waals surface area contributed by atoms with E-state index in [1.807, 2.05) is 0 Å². The number of nitrogens with one attached hydrogen (secondary N) is 1. The molecule has 47 heavy (non-hydrogen) atoms. The van der Waals surface area contributed by atoms with Crippen molar-refractivity contribution in [1.82, 2.24) is 25.2 Å². The SMILES string of the molecule is C#Cc1c(F)ccc2cc(F)cc(-c3ncc4c(N5C[C@@H]6CC[C@](COC)(C5)N6)nc(OC[C@@]56CCCN5C[C@H](F)C6)nc4c3F)c12. The molecule has 4 fully saturated rings. The zero-order chi connectivity index (χ0) is 32.5. The molecule has 0 aliphatic carbocycles. The molecule has 4 aliphatic rings. The topological polar surface area (TPSA) is 75.6 Å². The van der Waals surface area contributed by atoms with E-state index in [0.29, 0.717) is 49.3 Å². The lowest BCUT2D eigenvalue weighted by molar-refractivity contribution is 0.107. The predicted octanol–water partition coefficient (Wildman–Crippen LogP) is 5.16. The molecule has 6 heterocycles. The number of terminal acetylenes is 1. The number of ether oxygens (including phenoxy) is 2. The third kappa shape index (κ3) is 4.98. The summed E-state index contributed by atoms with van der Waals surface area (Å²) < 4.78 is 72.9. The number of aromatic nitrogens is 3. The van der Waals surface area contributed by atoms with E-state index in [9.17, 15) is 13.2 Å². The number of methoxy groups -OCH3 is 1. The normalized spacial score (nSPS) is 27.1. The van der Waals surface area contributed by atoms with E-state index in [2.05, 4.69) is 31.0 Å². The Morgan fingerprint density at radius 2 is 2.00 bits per heavy atom. The van der Waals surface area contributed by atoms with Crippen molar-refractivity contribution in [2.75, 3.05) is 51.4 Å². The smallest absolute Gasteiger partial charge is 0.319 e. The van der Waals surface area contributed by atoms with Crippen LogP contribution in [0.1, 0.15) is 37.7 Å². The highest BCUT2D eigenvalue weighted by Crippen LogP contribution is 2.42. The molecule has 2 aromatic carbocycles. The van der Waals surface area contributed by atoms with E-state index in [1.165, 1.54) is 18.3 Å². The number of nitrogens with zero attached hydrogens (tertiary/aromatic N) is 5. The van der Waals surface area contributed by atoms with Crippen LogP contribution in [0.3, 0.4) is 0 Å². The van der Waals surface area contributed by atoms with Crippen molar-refractivity contribution >= 4 is 27.5 Å². The molecule has 0 saturated carbocycles. The molecule has 0 radical (unpaired) electrons. The zero-order valence-corrected chi connectivity index (χ0v) is 26.0. The van der Waals surface area contributed by atoms with Gasteiger partial charge in [0.15, 0.2) is 5.82 Å². The second kappa shape index (κ2) is 11.3. The van der Waals surface area contributed by atoms with Crippen molar-refractivity contribution < 1.29 is 27.0 Å². The average Bonchev–Trinajstić information content (AvgIpc) is 3.68. The zero-order valence-electron chi connectivity index (χ0n) is 26.0. The van der Waals surface area contributed by atoms with E-state index >= 15 is 4.39 Å². The molecular formula is C35H34F4N6O2. The molecule has 2 bridgehead atoms. The Bertz CT molecular complexity index is 1950. The molecule has 8 rings (SSSR count). The third-order valence-corrected chi connectivity index (χ3v) is 10.4. The van der Waals surface area contributed by atoms with Gasteiger partial charge in [0, 0.05) is 56.4 Å². The molecule has 4 aliphatic heterocycles. The number of anilines is 1. The van der Waals surface area contributed by atoms with Crippen LogP contribution in [0.15, 0.2) is 30.5 Å². The number of piperazine rings is 1. The van der Waals surface area contributed by atoms with Crippen molar-refractivity contribution in [3.8, 4) is 29.6 Å². The number of benzene rings is 2. The number of rotatable bonds is 7. The standard InChI is InChI=1S/C35H34F4N6O2/c1-3-24-27(38)6-5-20-11-21(36)12-25(28(20)24)30-29(39)31-26(14-40-30)32(44-16-23-7-9-34(17-44,43-23)18-46-2)42-33(41-31)47-19-35-8-4-10-45(35)15-22(37)13-35/h1,5-6,11-12,14,22-23,43H,4,7-10,13,15-19H2,2H3/t22-,23+,34-,35+/m1/s1. The molecule has 4 atom stereocenters. The average molecular weight is 647 g/mol. The van der Waals surface area contributed by atoms with Crippen LogP contribution in [-0.4, -0.2) is 89.6 Å². The number of fused-ring (bicyclic) bond motifs is 5. The molecule has 4 saturated heterocycles. The van der Waals surface area contributed by atoms with Gasteiger partial charge in [-0.15, -0.1) is 6.42 Å². The Kier molecular flexibility index (Phi) is 7.27. The summed E-state index contributed by atoms with van der Waals surface area (Å²) in [6.45, 7) is 2.97. The molecular weight excluding hydrogens is 612 g/mol. The Morgan fingerprint density at radius 3 is 2.83 bits per heavy atom. The van der Waals surface area contributed by atoms with E-state index in [0.717, 1.165) is 44.4 Å². The van der Waals surface area contributed by atoms with Crippen LogP contribution >= 0.6 is 0 Å². The highest BCUT2D eigenvalue weighted by atomic mass is 19.1. The number of alkyl halides is 1. The van der Waals surface area contributed by atoms with Gasteiger partial charge in [-0.05, 0) is 55.8 Å². The van der Waals surface area contributed by atoms with E-state index in [4.69, 9.17) is 20.9 Å². The van der Waals surface area contributed by atoms with Crippen LogP contribution < -0.4 is 15.0 Å². The minimum atomic E-state index is -0.940. The van der Waals surface area contributed by atoms with Crippen LogP contribution in [0.4, 0.5) is 23.4 Å². The quantitative estimate of drug-likeness (QED) is 0.218. The maximum atomic E-state index is 16.9. The van der Waals surface area contributed by atoms with Crippen molar-refractivity contribution in [2.45, 2.75) is 55.4 Å². The highest BCUT2D eigenvalue weighted by molar-refractivity contribution is 6.02. The van der Waals surface area contributed by atoms with Gasteiger partial charge >= 0.3 is 6.01 Å². The Hall–Kier alpha value is -4.05. The van der Waals surface area contributed by atoms with E-state index < -0.39 is 29.2 Å². The summed E-state index contributed by atoms with van der Waals surface area (Å²) in [5.74, 6) is 0.601. The lowest BCUT2D eigenvalue weighted by Crippen LogP contribution is -2.61. The fourth-order valence-corrected chi connectivity index (χ4v) is 8.48. The minimum Gasteiger partial charge on any atom is -0.461 e. The highest BCUT2D eigenvalue weighted by Gasteiger charge is 2.50. The lowest BCUT2D eigenvalue weighted by atomic mass is 9.95. The van der Waals surface area contributed by atoms with Gasteiger partial charge in [0.25, 0.3) is 0 Å². The summed E-state index contributed by atoms with van der Waals surface area (Å²) in [7, 11) is 1.67. The fourth-order valence-electron chi connectivity index (χ4n) is 8.48. The van der Waals surface area contributed by atoms with Crippen LogP contribution in [0.25, 0.3) is 32.9 Å². The number of halogens is 4. The summed E-state index contributed by atoms with van der Waals surface area (Å²) in [6.07, 6.45) is 10.1. The molecule has 4 aromatic rings. The monoisotopic (exact) mass is 646 g/mol. The molecule has 12 heteroatoms. The summed E-state index contributed by atoms with van der Waals surface area (Å²) >= 11 is 0. The molecule has 244 valence electrons. The van der Waals surface area contributed by atoms with Gasteiger partial charge in [-0.3, -0.25) is 9.88 Å². The van der Waals surface area contributed by atoms with Crippen molar-refractivity contribution in [3.05, 3.63) is 53.5 Å². The molecule has 2 aromatic heterocycles. The first-order chi connectivity index (χ1) is 22.7. The summed E-state index contributed by atoms with van der Waals surface area (Å²) in [5.41, 5.74) is -1.18. The maximum absolute atomic E-state index is 16.9. The van der Waals surface area contributed by atoms with Crippen molar-refractivity contribution in [2.24, 2.45) is 0 Å². The van der Waals surface area contributed by atoms with Gasteiger partial charge in [-0.2, -0.15) is 9.97 Å². The second-order valence-corrected chi connectivity index (χ2v) is 13.5. The Balaban J connectivity index is 1.28. The lowest BCUT2D eigenvalue weighted by Gasteiger charge is -2.41. The molecule has 0 unspecified atom stereocenters. The summed E-state index contributed by atoms with van der Waals surface area (Å²) in [6, 6.07) is 5.00. The Morgan fingerprint density at radius 1 is 1.13 bits per heavy atom. The van der Waals surface area contributed by atoms with E-state index in [1.54, 1.807) is 7.11 Å². The number of hydrogen-bond acceptors (Lipinski definition) is 8. The van der Waals surface area contributed by atoms with Gasteiger partial charge in [0.1, 0.15) is 41.4 Å². The first-order valence-electron chi connectivity index (χ1n) is 16.0. The fraction of sp³-hybridized carbons (Fsp3) is 0.457. The van der Waals surface area contributed by atoms with Crippen LogP contribution in [0.2, 0.25) is 0 Å². The van der Waals surface area contributed by atoms with Crippen LogP contribution in [0, 0.1) is 29.8 Å². The van der Waals surface area contributed by atoms with Gasteiger partial charge in [0.2, 0.25) is 0 Å². The maximum Gasteiger partial charge on any atom is 0.319 e. The first kappa shape index (κ1) is 30.3. The van der Waals surface area contributed by atoms with Gasteiger partial charge in [-0.25, -0.2) is 17.6 Å². The number of pyridine rings is 1. The molecule has 0 amide bonds. The van der Waals surface area contributed by atoms with Crippen LogP contribution in [-0.2, 0) is 4.74 Å². The number of hydrogen-bond donors (Lipinski definition) is 1. The third-order valence-electron chi connectivity index (χ3n) is 10.4. The molecule has 0 spiro atoms. The molecule has 1 N–H and O–H groups in total. The van der Waals surface area contributed by atoms with Crippen molar-refractivity contribution in [3.63, 3.8) is 0 Å². The summed E-state index contributed by atoms with van der Waals surface area (Å²) in [5, 5.41) is 4.52. The van der Waals surface area contributed by atoms with Gasteiger partial charge < -0.3 is 19.7 Å².